The van der Waals surface area contributed by atoms with E-state index in [-0.39, 0.29) is 17.8 Å². The first kappa shape index (κ1) is 18.0. The van der Waals surface area contributed by atoms with Gasteiger partial charge in [0.2, 0.25) is 5.91 Å². The van der Waals surface area contributed by atoms with E-state index in [0.717, 1.165) is 56.9 Å². The number of nitrogens with zero attached hydrogens (tertiary/aromatic N) is 1. The van der Waals surface area contributed by atoms with Crippen LogP contribution in [0.1, 0.15) is 37.7 Å². The molecule has 3 aliphatic rings. The molecule has 132 valence electrons. The first-order valence-corrected chi connectivity index (χ1v) is 9.33. The molecule has 0 bridgehead atoms. The molecule has 3 nitrogen and oxygen atoms in total. The Morgan fingerprint density at radius 2 is 1.62 bits per heavy atom. The Kier molecular flexibility index (Phi) is 5.43. The molecule has 0 spiro atoms. The van der Waals surface area contributed by atoms with Gasteiger partial charge in [0.05, 0.1) is 5.41 Å². The SMILES string of the molecule is Cl.O=C(N1C[C@H]2CNC[C@H]2C1)C1(c2ccc(Cl)cc2)CCCCC1. The molecule has 1 aromatic carbocycles. The summed E-state index contributed by atoms with van der Waals surface area (Å²) in [6.07, 6.45) is 5.51. The molecule has 4 rings (SSSR count). The van der Waals surface area contributed by atoms with Crippen LogP contribution in [0.4, 0.5) is 0 Å². The van der Waals surface area contributed by atoms with Gasteiger partial charge < -0.3 is 10.2 Å². The summed E-state index contributed by atoms with van der Waals surface area (Å²) in [5.41, 5.74) is 0.858. The highest BCUT2D eigenvalue weighted by Crippen LogP contribution is 2.43. The maximum atomic E-state index is 13.5. The summed E-state index contributed by atoms with van der Waals surface area (Å²) in [7, 11) is 0. The van der Waals surface area contributed by atoms with Crippen molar-refractivity contribution in [1.82, 2.24) is 10.2 Å². The fraction of sp³-hybridized carbons (Fsp3) is 0.632. The lowest BCUT2D eigenvalue weighted by molar-refractivity contribution is -0.138. The van der Waals surface area contributed by atoms with Crippen molar-refractivity contribution in [2.24, 2.45) is 11.8 Å². The van der Waals surface area contributed by atoms with Crippen molar-refractivity contribution < 1.29 is 4.79 Å². The third kappa shape index (κ3) is 3.07. The normalized spacial score (nSPS) is 28.3. The van der Waals surface area contributed by atoms with Crippen molar-refractivity contribution in [1.29, 1.82) is 0 Å². The zero-order chi connectivity index (χ0) is 15.9. The maximum absolute atomic E-state index is 13.5. The highest BCUT2D eigenvalue weighted by molar-refractivity contribution is 6.30. The number of carbonyl (C=O) groups excluding carboxylic acids is 1. The largest absolute Gasteiger partial charge is 0.341 e. The second-order valence-corrected chi connectivity index (χ2v) is 7.97. The molecule has 5 heteroatoms. The van der Waals surface area contributed by atoms with Gasteiger partial charge in [-0.15, -0.1) is 12.4 Å². The van der Waals surface area contributed by atoms with Gasteiger partial charge in [-0.05, 0) is 42.4 Å². The van der Waals surface area contributed by atoms with Gasteiger partial charge in [0.15, 0.2) is 0 Å². The number of carbonyl (C=O) groups is 1. The van der Waals surface area contributed by atoms with Gasteiger partial charge in [0, 0.05) is 31.2 Å². The van der Waals surface area contributed by atoms with Crippen molar-refractivity contribution in [3.05, 3.63) is 34.9 Å². The van der Waals surface area contributed by atoms with Crippen LogP contribution in [0.15, 0.2) is 24.3 Å². The molecule has 0 unspecified atom stereocenters. The lowest BCUT2D eigenvalue weighted by Crippen LogP contribution is -2.48. The Labute approximate surface area is 155 Å². The number of halogens is 2. The Bertz CT molecular complexity index is 572. The predicted octanol–water partition coefficient (Wildman–Crippen LogP) is 3.64. The van der Waals surface area contributed by atoms with Crippen LogP contribution in [-0.2, 0) is 10.2 Å². The molecule has 0 aromatic heterocycles. The smallest absolute Gasteiger partial charge is 0.233 e. The quantitative estimate of drug-likeness (QED) is 0.863. The van der Waals surface area contributed by atoms with Crippen molar-refractivity contribution in [3.8, 4) is 0 Å². The van der Waals surface area contributed by atoms with Gasteiger partial charge in [-0.2, -0.15) is 0 Å². The lowest BCUT2D eigenvalue weighted by atomic mass is 9.68. The van der Waals surface area contributed by atoms with Crippen LogP contribution in [0.5, 0.6) is 0 Å². The van der Waals surface area contributed by atoms with Gasteiger partial charge in [-0.25, -0.2) is 0 Å². The van der Waals surface area contributed by atoms with E-state index in [1.54, 1.807) is 0 Å². The molecule has 1 saturated carbocycles. The van der Waals surface area contributed by atoms with Crippen LogP contribution >= 0.6 is 24.0 Å². The van der Waals surface area contributed by atoms with Crippen LogP contribution in [-0.4, -0.2) is 37.0 Å². The third-order valence-corrected chi connectivity index (χ3v) is 6.44. The average Bonchev–Trinajstić information content (AvgIpc) is 3.17. The molecule has 2 saturated heterocycles. The molecule has 24 heavy (non-hydrogen) atoms. The minimum absolute atomic E-state index is 0. The number of amides is 1. The van der Waals surface area contributed by atoms with E-state index in [9.17, 15) is 4.79 Å². The molecule has 0 radical (unpaired) electrons. The Morgan fingerprint density at radius 3 is 2.21 bits per heavy atom. The second-order valence-electron chi connectivity index (χ2n) is 7.54. The van der Waals surface area contributed by atoms with Gasteiger partial charge in [-0.3, -0.25) is 4.79 Å². The summed E-state index contributed by atoms with van der Waals surface area (Å²) in [4.78, 5) is 15.7. The fourth-order valence-electron chi connectivity index (χ4n) is 4.87. The number of benzene rings is 1. The van der Waals surface area contributed by atoms with E-state index in [1.165, 1.54) is 12.0 Å². The first-order valence-electron chi connectivity index (χ1n) is 8.95. The summed E-state index contributed by atoms with van der Waals surface area (Å²) in [5, 5.41) is 4.20. The van der Waals surface area contributed by atoms with Crippen LogP contribution in [0.2, 0.25) is 5.02 Å². The van der Waals surface area contributed by atoms with Gasteiger partial charge in [-0.1, -0.05) is 43.0 Å². The summed E-state index contributed by atoms with van der Waals surface area (Å²) < 4.78 is 0. The number of likely N-dealkylation sites (tertiary alicyclic amines) is 1. The average molecular weight is 369 g/mol. The summed E-state index contributed by atoms with van der Waals surface area (Å²) >= 11 is 6.07. The number of hydrogen-bond acceptors (Lipinski definition) is 2. The molecule has 3 fully saturated rings. The highest BCUT2D eigenvalue weighted by Gasteiger charge is 2.47. The Hall–Kier alpha value is -0.770. The van der Waals surface area contributed by atoms with Gasteiger partial charge in [0.25, 0.3) is 0 Å². The molecular weight excluding hydrogens is 343 g/mol. The minimum Gasteiger partial charge on any atom is -0.341 e. The highest BCUT2D eigenvalue weighted by atomic mass is 35.5. The standard InChI is InChI=1S/C19H25ClN2O.ClH/c20-17-6-4-16(5-7-17)19(8-2-1-3-9-19)18(23)22-12-14-10-21-11-15(14)13-22;/h4-7,14-15,21H,1-3,8-13H2;1H/t14-,15+;. The maximum Gasteiger partial charge on any atom is 0.233 e. The number of nitrogens with one attached hydrogen (secondary N) is 1. The van der Waals surface area contributed by atoms with E-state index in [4.69, 9.17) is 11.6 Å². The number of rotatable bonds is 2. The van der Waals surface area contributed by atoms with Crippen LogP contribution in [0, 0.1) is 11.8 Å². The number of fused-ring (bicyclic) bond motifs is 1. The first-order chi connectivity index (χ1) is 11.2. The lowest BCUT2D eigenvalue weighted by Gasteiger charge is -2.39. The molecule has 1 aliphatic carbocycles. The summed E-state index contributed by atoms with van der Waals surface area (Å²) in [5.74, 6) is 1.68. The van der Waals surface area contributed by atoms with Crippen molar-refractivity contribution in [2.75, 3.05) is 26.2 Å². The van der Waals surface area contributed by atoms with E-state index in [0.29, 0.717) is 17.7 Å². The van der Waals surface area contributed by atoms with E-state index in [1.807, 2.05) is 12.1 Å². The minimum atomic E-state index is -0.311. The van der Waals surface area contributed by atoms with E-state index < -0.39 is 0 Å². The Morgan fingerprint density at radius 1 is 1.04 bits per heavy atom. The molecule has 2 heterocycles. The molecule has 2 atom stereocenters. The third-order valence-electron chi connectivity index (χ3n) is 6.19. The zero-order valence-electron chi connectivity index (χ0n) is 14.0. The fourth-order valence-corrected chi connectivity index (χ4v) is 5.00. The Balaban J connectivity index is 0.00000169. The second kappa shape index (κ2) is 7.23. The van der Waals surface area contributed by atoms with E-state index in [2.05, 4.69) is 22.3 Å². The van der Waals surface area contributed by atoms with Crippen molar-refractivity contribution in [3.63, 3.8) is 0 Å². The van der Waals surface area contributed by atoms with Crippen LogP contribution < -0.4 is 5.32 Å². The molecular formula is C19H26Cl2N2O. The number of hydrogen-bond donors (Lipinski definition) is 1. The zero-order valence-corrected chi connectivity index (χ0v) is 15.5. The van der Waals surface area contributed by atoms with Crippen LogP contribution in [0.25, 0.3) is 0 Å². The molecule has 1 amide bonds. The monoisotopic (exact) mass is 368 g/mol. The van der Waals surface area contributed by atoms with Crippen molar-refractivity contribution in [2.45, 2.75) is 37.5 Å². The molecule has 1 N–H and O–H groups in total. The van der Waals surface area contributed by atoms with Gasteiger partial charge in [0.1, 0.15) is 0 Å². The summed E-state index contributed by atoms with van der Waals surface area (Å²) in [6, 6.07) is 8.01. The van der Waals surface area contributed by atoms with E-state index >= 15 is 0 Å². The molecule has 1 aromatic rings. The predicted molar refractivity (Wildman–Crippen MR) is 99.9 cm³/mol. The van der Waals surface area contributed by atoms with Crippen LogP contribution in [0.3, 0.4) is 0 Å². The van der Waals surface area contributed by atoms with Crippen molar-refractivity contribution >= 4 is 29.9 Å². The molecule has 2 aliphatic heterocycles. The van der Waals surface area contributed by atoms with Gasteiger partial charge >= 0.3 is 0 Å². The summed E-state index contributed by atoms with van der Waals surface area (Å²) in [6.45, 7) is 4.02. The topological polar surface area (TPSA) is 32.3 Å².